The van der Waals surface area contributed by atoms with Gasteiger partial charge in [0.25, 0.3) is 0 Å². The van der Waals surface area contributed by atoms with Crippen LogP contribution in [0.3, 0.4) is 0 Å². The fourth-order valence-corrected chi connectivity index (χ4v) is 4.36. The Kier molecular flexibility index (Phi) is 7.54. The van der Waals surface area contributed by atoms with E-state index in [1.54, 1.807) is 0 Å². The van der Waals surface area contributed by atoms with E-state index in [0.29, 0.717) is 0 Å². The molecule has 1 saturated carbocycles. The Morgan fingerprint density at radius 2 is 1.47 bits per heavy atom. The van der Waals surface area contributed by atoms with E-state index in [-0.39, 0.29) is 58.6 Å². The maximum atomic E-state index is 12.3. The number of carbonyl (C=O) groups excluding carboxylic acids is 1. The van der Waals surface area contributed by atoms with Crippen molar-refractivity contribution in [3.05, 3.63) is 37.4 Å². The molecule has 0 aliphatic heterocycles. The van der Waals surface area contributed by atoms with Crippen molar-refractivity contribution in [2.24, 2.45) is 0 Å². The predicted octanol–water partition coefficient (Wildman–Crippen LogP) is 5.58. The molecule has 1 nitrogen and oxygen atoms in total. The number of hydrogen-bond donors (Lipinski definition) is 0. The number of carbonyl (C=O) groups is 1. The van der Waals surface area contributed by atoms with Gasteiger partial charge < -0.3 is 0 Å². The van der Waals surface area contributed by atoms with Crippen molar-refractivity contribution in [3.8, 4) is 0 Å². The third kappa shape index (κ3) is 4.27. The molecule has 1 aromatic rings. The summed E-state index contributed by atoms with van der Waals surface area (Å²) < 4.78 is 0. The van der Waals surface area contributed by atoms with Crippen LogP contribution in [0.4, 0.5) is 0 Å². The van der Waals surface area contributed by atoms with E-state index in [0.717, 1.165) is 25.7 Å². The van der Waals surface area contributed by atoms with Crippen molar-refractivity contribution in [2.75, 3.05) is 0 Å². The molecule has 0 amide bonds. The van der Waals surface area contributed by atoms with Crippen molar-refractivity contribution in [1.29, 1.82) is 0 Å². The zero-order valence-electron chi connectivity index (χ0n) is 9.33. The first-order valence-electron chi connectivity index (χ1n) is 5.49. The van der Waals surface area contributed by atoms with Gasteiger partial charge in [-0.1, -0.05) is 59.2 Å². The van der Waals surface area contributed by atoms with Crippen molar-refractivity contribution >= 4 is 79.4 Å². The standard InChI is InChI=1S/C12H10Cl4OP.Li.H/c13-7-5-8(14)11(16)9(10(7)15)12(17)18-6-3-1-2-4-6;;/h5,18H,1-4H2;;. The van der Waals surface area contributed by atoms with Crippen LogP contribution in [0.5, 0.6) is 0 Å². The third-order valence-electron chi connectivity index (χ3n) is 2.84. The van der Waals surface area contributed by atoms with E-state index >= 15 is 0 Å². The minimum absolute atomic E-state index is 0. The van der Waals surface area contributed by atoms with E-state index in [1.165, 1.54) is 11.7 Å². The molecule has 1 fully saturated rings. The monoisotopic (exact) mass is 349 g/mol. The summed E-state index contributed by atoms with van der Waals surface area (Å²) in [5.41, 5.74) is 1.46. The molecule has 0 heterocycles. The van der Waals surface area contributed by atoms with Gasteiger partial charge in [0.05, 0.1) is 25.7 Å². The summed E-state index contributed by atoms with van der Waals surface area (Å²) in [5, 5.41) is 0.913. The Balaban J connectivity index is 0.00000180. The average Bonchev–Trinajstić information content (AvgIpc) is 2.79. The van der Waals surface area contributed by atoms with Crippen LogP contribution in [0.15, 0.2) is 6.07 Å². The molecule has 7 heteroatoms. The summed E-state index contributed by atoms with van der Waals surface area (Å²) in [7, 11) is 0.114. The summed E-state index contributed by atoms with van der Waals surface area (Å²) in [4.78, 5) is 12.3. The molecule has 1 unspecified atom stereocenters. The SMILES string of the molecule is O=C(P[C]1CCCC1)c1c(Cl)c(Cl)cc(Cl)c1Cl.[LiH]. The molecular weight excluding hydrogens is 340 g/mol. The number of rotatable bonds is 3. The molecule has 0 aromatic heterocycles. The maximum absolute atomic E-state index is 12.3. The van der Waals surface area contributed by atoms with Crippen molar-refractivity contribution in [2.45, 2.75) is 25.7 Å². The van der Waals surface area contributed by atoms with Crippen molar-refractivity contribution in [3.63, 3.8) is 0 Å². The average molecular weight is 351 g/mol. The van der Waals surface area contributed by atoms with Gasteiger partial charge in [-0.3, -0.25) is 4.79 Å². The van der Waals surface area contributed by atoms with Crippen LogP contribution >= 0.6 is 55.0 Å². The van der Waals surface area contributed by atoms with Crippen LogP contribution < -0.4 is 0 Å². The van der Waals surface area contributed by atoms with Gasteiger partial charge in [-0.05, 0) is 27.5 Å². The molecule has 19 heavy (non-hydrogen) atoms. The molecule has 1 aromatic carbocycles. The normalized spacial score (nSPS) is 16.0. The van der Waals surface area contributed by atoms with Crippen LogP contribution in [0, 0.1) is 5.66 Å². The Morgan fingerprint density at radius 1 is 1.00 bits per heavy atom. The van der Waals surface area contributed by atoms with Gasteiger partial charge in [0.15, 0.2) is 5.52 Å². The summed E-state index contributed by atoms with van der Waals surface area (Å²) in [5.74, 6) is 0. The fraction of sp³-hybridized carbons (Fsp3) is 0.333. The first-order chi connectivity index (χ1) is 8.50. The van der Waals surface area contributed by atoms with E-state index in [4.69, 9.17) is 46.4 Å². The molecule has 2 rings (SSSR count). The van der Waals surface area contributed by atoms with Crippen LogP contribution in [-0.4, -0.2) is 24.4 Å². The van der Waals surface area contributed by atoms with Crippen LogP contribution in [0.25, 0.3) is 0 Å². The quantitative estimate of drug-likeness (QED) is 0.395. The molecule has 1 atom stereocenters. The molecule has 0 spiro atoms. The van der Waals surface area contributed by atoms with Crippen LogP contribution in [-0.2, 0) is 0 Å². The molecule has 0 N–H and O–H groups in total. The first kappa shape index (κ1) is 18.1. The van der Waals surface area contributed by atoms with Gasteiger partial charge >= 0.3 is 18.9 Å². The molecular formula is C12H11Cl4LiOP. The Hall–Kier alpha value is 1.08. The van der Waals surface area contributed by atoms with E-state index in [2.05, 4.69) is 0 Å². The zero-order valence-corrected chi connectivity index (χ0v) is 13.3. The van der Waals surface area contributed by atoms with Gasteiger partial charge in [0.1, 0.15) is 0 Å². The van der Waals surface area contributed by atoms with E-state index < -0.39 is 0 Å². The summed E-state index contributed by atoms with van der Waals surface area (Å²) in [6.07, 6.45) is 4.36. The van der Waals surface area contributed by atoms with Gasteiger partial charge in [0.2, 0.25) is 0 Å². The summed E-state index contributed by atoms with van der Waals surface area (Å²) in [6.45, 7) is 0. The topological polar surface area (TPSA) is 17.1 Å². The van der Waals surface area contributed by atoms with Gasteiger partial charge in [0, 0.05) is 5.66 Å². The Labute approximate surface area is 146 Å². The zero-order chi connectivity index (χ0) is 13.3. The first-order valence-corrected chi connectivity index (χ1v) is 8.01. The van der Waals surface area contributed by atoms with Crippen molar-refractivity contribution < 1.29 is 4.79 Å². The second-order valence-electron chi connectivity index (χ2n) is 4.11. The molecule has 0 saturated heterocycles. The fourth-order valence-electron chi connectivity index (χ4n) is 1.92. The second-order valence-corrected chi connectivity index (χ2v) is 7.09. The Bertz CT molecular complexity index is 463. The van der Waals surface area contributed by atoms with Gasteiger partial charge in [-0.2, -0.15) is 0 Å². The third-order valence-corrected chi connectivity index (χ3v) is 5.74. The van der Waals surface area contributed by atoms with E-state index in [9.17, 15) is 4.79 Å². The number of halogens is 4. The second kappa shape index (κ2) is 7.91. The number of hydrogen-bond acceptors (Lipinski definition) is 1. The van der Waals surface area contributed by atoms with Gasteiger partial charge in [-0.25, -0.2) is 0 Å². The van der Waals surface area contributed by atoms with Crippen LogP contribution in [0.1, 0.15) is 36.0 Å². The predicted molar refractivity (Wildman–Crippen MR) is 88.0 cm³/mol. The van der Waals surface area contributed by atoms with Gasteiger partial charge in [-0.15, -0.1) is 0 Å². The number of benzene rings is 1. The summed E-state index contributed by atoms with van der Waals surface area (Å²) >= 11 is 23.9. The van der Waals surface area contributed by atoms with Crippen LogP contribution in [0.2, 0.25) is 20.1 Å². The molecule has 1 radical (unpaired) electrons. The molecule has 1 aliphatic rings. The minimum atomic E-state index is -0.0775. The molecule has 1 aliphatic carbocycles. The Morgan fingerprint density at radius 3 is 1.95 bits per heavy atom. The van der Waals surface area contributed by atoms with Crippen molar-refractivity contribution in [1.82, 2.24) is 0 Å². The summed E-state index contributed by atoms with van der Waals surface area (Å²) in [6, 6.07) is 1.45. The molecule has 99 valence electrons. The molecule has 0 bridgehead atoms. The van der Waals surface area contributed by atoms with E-state index in [1.807, 2.05) is 0 Å².